The maximum absolute atomic E-state index is 11.9. The predicted molar refractivity (Wildman–Crippen MR) is 50.3 cm³/mol. The molecule has 0 aliphatic carbocycles. The predicted octanol–water partition coefficient (Wildman–Crippen LogP) is 2.07. The molecule has 0 bridgehead atoms. The normalized spacial score (nSPS) is 19.4. The molecule has 1 aliphatic rings. The zero-order valence-electron chi connectivity index (χ0n) is 8.15. The van der Waals surface area contributed by atoms with Crippen LogP contribution in [0.25, 0.3) is 0 Å². The molecule has 0 spiro atoms. The van der Waals surface area contributed by atoms with Crippen molar-refractivity contribution < 1.29 is 23.0 Å². The number of carbonyl (C=O) groups excluding carboxylic acids is 1. The second kappa shape index (κ2) is 4.34. The van der Waals surface area contributed by atoms with E-state index in [4.69, 9.17) is 4.74 Å². The fraction of sp³-hybridized carbons (Fsp3) is 0.300. The zero-order valence-corrected chi connectivity index (χ0v) is 8.15. The molecule has 1 N–H and O–H groups in total. The lowest BCUT2D eigenvalue weighted by atomic mass is 10.1. The number of hydrogen-bond acceptors (Lipinski definition) is 3. The van der Waals surface area contributed by atoms with Gasteiger partial charge < -0.3 is 14.8 Å². The number of nitrogens with one attached hydrogen (secondary N) is 1. The first-order valence-electron chi connectivity index (χ1n) is 4.64. The third-order valence-corrected chi connectivity index (χ3v) is 2.16. The summed E-state index contributed by atoms with van der Waals surface area (Å²) in [5.74, 6) is 0.0797. The van der Waals surface area contributed by atoms with Crippen molar-refractivity contribution in [3.63, 3.8) is 0 Å². The Bertz CT molecular complexity index is 380. The van der Waals surface area contributed by atoms with E-state index < -0.39 is 12.7 Å². The van der Waals surface area contributed by atoms with Crippen LogP contribution in [0, 0.1) is 0 Å². The molecule has 1 heterocycles. The van der Waals surface area contributed by atoms with E-state index in [2.05, 4.69) is 10.1 Å². The lowest BCUT2D eigenvalue weighted by molar-refractivity contribution is -0.0498. The van der Waals surface area contributed by atoms with Gasteiger partial charge in [0.15, 0.2) is 0 Å². The van der Waals surface area contributed by atoms with Crippen LogP contribution in [0.1, 0.15) is 11.7 Å². The average molecular weight is 229 g/mol. The van der Waals surface area contributed by atoms with Gasteiger partial charge in [-0.2, -0.15) is 8.78 Å². The summed E-state index contributed by atoms with van der Waals surface area (Å²) in [5.41, 5.74) is 0.736. The van der Waals surface area contributed by atoms with Gasteiger partial charge in [0.05, 0.1) is 6.54 Å². The average Bonchev–Trinajstić information content (AvgIpc) is 2.65. The van der Waals surface area contributed by atoms with Gasteiger partial charge in [-0.3, -0.25) is 0 Å². The van der Waals surface area contributed by atoms with Gasteiger partial charge in [-0.05, 0) is 17.7 Å². The molecule has 86 valence electrons. The van der Waals surface area contributed by atoms with Gasteiger partial charge in [0.1, 0.15) is 11.9 Å². The van der Waals surface area contributed by atoms with E-state index in [1.54, 1.807) is 12.1 Å². The Balaban J connectivity index is 2.04. The molecule has 1 aliphatic heterocycles. The molecule has 1 saturated heterocycles. The molecule has 2 rings (SSSR count). The number of amides is 1. The van der Waals surface area contributed by atoms with Crippen LogP contribution in [0.5, 0.6) is 5.75 Å². The van der Waals surface area contributed by atoms with E-state index in [1.165, 1.54) is 12.1 Å². The number of benzene rings is 1. The summed E-state index contributed by atoms with van der Waals surface area (Å²) < 4.78 is 32.9. The SMILES string of the molecule is O=C1NCC(c2ccc(OC(F)F)cc2)O1. The van der Waals surface area contributed by atoms with Crippen LogP contribution in [-0.2, 0) is 4.74 Å². The third-order valence-electron chi connectivity index (χ3n) is 2.16. The van der Waals surface area contributed by atoms with Gasteiger partial charge in [-0.15, -0.1) is 0 Å². The highest BCUT2D eigenvalue weighted by Gasteiger charge is 2.23. The van der Waals surface area contributed by atoms with E-state index >= 15 is 0 Å². The Morgan fingerprint density at radius 3 is 2.56 bits per heavy atom. The number of rotatable bonds is 3. The van der Waals surface area contributed by atoms with E-state index in [-0.39, 0.29) is 11.9 Å². The minimum Gasteiger partial charge on any atom is -0.439 e. The van der Waals surface area contributed by atoms with E-state index in [0.717, 1.165) is 5.56 Å². The molecule has 0 radical (unpaired) electrons. The molecule has 1 aromatic rings. The van der Waals surface area contributed by atoms with Crippen LogP contribution in [0.2, 0.25) is 0 Å². The van der Waals surface area contributed by atoms with Crippen LogP contribution in [0.3, 0.4) is 0 Å². The van der Waals surface area contributed by atoms with Crippen molar-refractivity contribution in [1.82, 2.24) is 5.32 Å². The van der Waals surface area contributed by atoms with Gasteiger partial charge in [-0.25, -0.2) is 4.79 Å². The highest BCUT2D eigenvalue weighted by atomic mass is 19.3. The Labute approximate surface area is 90.2 Å². The lowest BCUT2D eigenvalue weighted by Gasteiger charge is -2.09. The Kier molecular flexibility index (Phi) is 2.89. The molecule has 16 heavy (non-hydrogen) atoms. The zero-order chi connectivity index (χ0) is 11.5. The molecule has 1 atom stereocenters. The Hall–Kier alpha value is -1.85. The Morgan fingerprint density at radius 2 is 2.06 bits per heavy atom. The van der Waals surface area contributed by atoms with Gasteiger partial charge in [0, 0.05) is 0 Å². The largest absolute Gasteiger partial charge is 0.439 e. The van der Waals surface area contributed by atoms with Gasteiger partial charge in [0.2, 0.25) is 0 Å². The fourth-order valence-electron chi connectivity index (χ4n) is 1.44. The number of halogens is 2. The first-order valence-corrected chi connectivity index (χ1v) is 4.64. The highest BCUT2D eigenvalue weighted by molar-refractivity contribution is 5.69. The molecular formula is C10H9F2NO3. The monoisotopic (exact) mass is 229 g/mol. The number of carbonyl (C=O) groups is 1. The minimum atomic E-state index is -2.84. The Morgan fingerprint density at radius 1 is 1.38 bits per heavy atom. The first kappa shape index (κ1) is 10.7. The van der Waals surface area contributed by atoms with Crippen molar-refractivity contribution in [3.05, 3.63) is 29.8 Å². The number of ether oxygens (including phenoxy) is 2. The maximum atomic E-state index is 11.9. The van der Waals surface area contributed by atoms with Crippen LogP contribution in [-0.4, -0.2) is 19.2 Å². The summed E-state index contributed by atoms with van der Waals surface area (Å²) in [6.45, 7) is -2.45. The molecule has 6 heteroatoms. The lowest BCUT2D eigenvalue weighted by Crippen LogP contribution is -2.12. The fourth-order valence-corrected chi connectivity index (χ4v) is 1.44. The van der Waals surface area contributed by atoms with Crippen LogP contribution >= 0.6 is 0 Å². The summed E-state index contributed by atoms with van der Waals surface area (Å²) in [5, 5.41) is 2.50. The van der Waals surface area contributed by atoms with Crippen molar-refractivity contribution in [2.75, 3.05) is 6.54 Å². The summed E-state index contributed by atoms with van der Waals surface area (Å²) >= 11 is 0. The standard InChI is InChI=1S/C10H9F2NO3/c11-9(12)15-7-3-1-6(2-4-7)8-5-13-10(14)16-8/h1-4,8-9H,5H2,(H,13,14). The van der Waals surface area contributed by atoms with Crippen LogP contribution < -0.4 is 10.1 Å². The third kappa shape index (κ3) is 2.39. The van der Waals surface area contributed by atoms with Crippen molar-refractivity contribution >= 4 is 6.09 Å². The van der Waals surface area contributed by atoms with Gasteiger partial charge >= 0.3 is 12.7 Å². The maximum Gasteiger partial charge on any atom is 0.407 e. The second-order valence-corrected chi connectivity index (χ2v) is 3.22. The summed E-state index contributed by atoms with van der Waals surface area (Å²) in [6.07, 6.45) is -0.842. The van der Waals surface area contributed by atoms with E-state index in [9.17, 15) is 13.6 Å². The van der Waals surface area contributed by atoms with Crippen molar-refractivity contribution in [1.29, 1.82) is 0 Å². The van der Waals surface area contributed by atoms with Crippen molar-refractivity contribution in [2.24, 2.45) is 0 Å². The minimum absolute atomic E-state index is 0.0797. The quantitative estimate of drug-likeness (QED) is 0.863. The van der Waals surface area contributed by atoms with Crippen molar-refractivity contribution in [3.8, 4) is 5.75 Å². The molecule has 0 saturated carbocycles. The summed E-state index contributed by atoms with van der Waals surface area (Å²) in [7, 11) is 0. The number of hydrogen-bond donors (Lipinski definition) is 1. The number of alkyl halides is 2. The molecule has 1 unspecified atom stereocenters. The summed E-state index contributed by atoms with van der Waals surface area (Å²) in [6, 6.07) is 5.99. The van der Waals surface area contributed by atoms with E-state index in [0.29, 0.717) is 6.54 Å². The molecule has 4 nitrogen and oxygen atoms in total. The topological polar surface area (TPSA) is 47.6 Å². The van der Waals surface area contributed by atoms with Crippen molar-refractivity contribution in [2.45, 2.75) is 12.7 Å². The highest BCUT2D eigenvalue weighted by Crippen LogP contribution is 2.23. The molecule has 1 aromatic carbocycles. The van der Waals surface area contributed by atoms with Crippen LogP contribution in [0.15, 0.2) is 24.3 Å². The second-order valence-electron chi connectivity index (χ2n) is 3.22. The molecule has 0 aromatic heterocycles. The van der Waals surface area contributed by atoms with Crippen LogP contribution in [0.4, 0.5) is 13.6 Å². The number of alkyl carbamates (subject to hydrolysis) is 1. The number of cyclic esters (lactones) is 1. The molecular weight excluding hydrogens is 220 g/mol. The van der Waals surface area contributed by atoms with E-state index in [1.807, 2.05) is 0 Å². The van der Waals surface area contributed by atoms with Gasteiger partial charge in [-0.1, -0.05) is 12.1 Å². The molecule has 1 fully saturated rings. The molecule has 1 amide bonds. The first-order chi connectivity index (χ1) is 7.65. The van der Waals surface area contributed by atoms with Gasteiger partial charge in [0.25, 0.3) is 0 Å². The summed E-state index contributed by atoms with van der Waals surface area (Å²) in [4.78, 5) is 10.8. The smallest absolute Gasteiger partial charge is 0.407 e.